The predicted octanol–water partition coefficient (Wildman–Crippen LogP) is 4.22. The summed E-state index contributed by atoms with van der Waals surface area (Å²) in [6, 6.07) is 11.9. The van der Waals surface area contributed by atoms with Crippen molar-refractivity contribution in [3.05, 3.63) is 59.7 Å². The smallest absolute Gasteiger partial charge is 0.416 e. The van der Waals surface area contributed by atoms with Gasteiger partial charge in [0.15, 0.2) is 0 Å². The standard InChI is InChI=1S/C18H13F3N2O2S/c19-18(20,21)12-7-5-11(6-8-12)16(24)23-9-13(10-23)25-17-22-14-3-1-2-4-15(14)26-17/h1-8,13H,9-10H2. The molecule has 26 heavy (non-hydrogen) atoms. The van der Waals surface area contributed by atoms with E-state index in [-0.39, 0.29) is 17.6 Å². The van der Waals surface area contributed by atoms with E-state index in [1.165, 1.54) is 23.5 Å². The van der Waals surface area contributed by atoms with Crippen LogP contribution >= 0.6 is 11.3 Å². The molecule has 1 fully saturated rings. The summed E-state index contributed by atoms with van der Waals surface area (Å²) in [4.78, 5) is 18.2. The van der Waals surface area contributed by atoms with E-state index in [1.54, 1.807) is 4.90 Å². The second kappa shape index (κ2) is 6.28. The zero-order valence-corrected chi connectivity index (χ0v) is 14.2. The van der Waals surface area contributed by atoms with Gasteiger partial charge in [0.05, 0.1) is 28.9 Å². The van der Waals surface area contributed by atoms with Gasteiger partial charge in [0.2, 0.25) is 0 Å². The first-order valence-electron chi connectivity index (χ1n) is 7.89. The number of rotatable bonds is 3. The zero-order valence-electron chi connectivity index (χ0n) is 13.4. The first-order valence-corrected chi connectivity index (χ1v) is 8.70. The highest BCUT2D eigenvalue weighted by molar-refractivity contribution is 7.20. The molecule has 0 unspecified atom stereocenters. The Hall–Kier alpha value is -2.61. The molecule has 0 saturated carbocycles. The molecule has 4 nitrogen and oxygen atoms in total. The lowest BCUT2D eigenvalue weighted by atomic mass is 10.1. The number of amides is 1. The van der Waals surface area contributed by atoms with Crippen LogP contribution in [0.2, 0.25) is 0 Å². The van der Waals surface area contributed by atoms with Crippen molar-refractivity contribution in [3.8, 4) is 5.19 Å². The number of hydrogen-bond donors (Lipinski definition) is 0. The minimum Gasteiger partial charge on any atom is -0.463 e. The number of likely N-dealkylation sites (tertiary alicyclic amines) is 1. The van der Waals surface area contributed by atoms with Crippen molar-refractivity contribution in [2.45, 2.75) is 12.3 Å². The van der Waals surface area contributed by atoms with Crippen molar-refractivity contribution < 1.29 is 22.7 Å². The maximum atomic E-state index is 12.6. The van der Waals surface area contributed by atoms with E-state index in [0.717, 1.165) is 22.3 Å². The Bertz CT molecular complexity index is 914. The monoisotopic (exact) mass is 378 g/mol. The van der Waals surface area contributed by atoms with Gasteiger partial charge in [-0.1, -0.05) is 23.5 Å². The summed E-state index contributed by atoms with van der Waals surface area (Å²) >= 11 is 1.44. The number of ether oxygens (including phenoxy) is 1. The molecule has 0 radical (unpaired) electrons. The summed E-state index contributed by atoms with van der Waals surface area (Å²) in [6.07, 6.45) is -4.57. The van der Waals surface area contributed by atoms with E-state index in [2.05, 4.69) is 4.98 Å². The van der Waals surface area contributed by atoms with Crippen molar-refractivity contribution >= 4 is 27.5 Å². The molecule has 0 aliphatic carbocycles. The van der Waals surface area contributed by atoms with E-state index in [4.69, 9.17) is 4.74 Å². The average molecular weight is 378 g/mol. The minimum atomic E-state index is -4.41. The van der Waals surface area contributed by atoms with Gasteiger partial charge in [-0.05, 0) is 36.4 Å². The number of thiazole rings is 1. The molecular weight excluding hydrogens is 365 g/mol. The summed E-state index contributed by atoms with van der Waals surface area (Å²) < 4.78 is 44.5. The maximum absolute atomic E-state index is 12.6. The predicted molar refractivity (Wildman–Crippen MR) is 91.4 cm³/mol. The normalized spacial score (nSPS) is 15.1. The van der Waals surface area contributed by atoms with Crippen LogP contribution in [-0.2, 0) is 6.18 Å². The SMILES string of the molecule is O=C(c1ccc(C(F)(F)F)cc1)N1CC(Oc2nc3ccccc3s2)C1. The lowest BCUT2D eigenvalue weighted by molar-refractivity contribution is -0.137. The number of alkyl halides is 3. The summed E-state index contributed by atoms with van der Waals surface area (Å²) in [6.45, 7) is 0.769. The Morgan fingerprint density at radius 1 is 1.12 bits per heavy atom. The largest absolute Gasteiger partial charge is 0.463 e. The number of nitrogens with zero attached hydrogens (tertiary/aromatic N) is 2. The number of benzene rings is 2. The van der Waals surface area contributed by atoms with Crippen molar-refractivity contribution in [1.29, 1.82) is 0 Å². The van der Waals surface area contributed by atoms with Crippen molar-refractivity contribution in [3.63, 3.8) is 0 Å². The van der Waals surface area contributed by atoms with Gasteiger partial charge in [-0.3, -0.25) is 4.79 Å². The number of aromatic nitrogens is 1. The van der Waals surface area contributed by atoms with E-state index in [0.29, 0.717) is 18.3 Å². The fourth-order valence-electron chi connectivity index (χ4n) is 2.71. The Morgan fingerprint density at radius 3 is 2.46 bits per heavy atom. The van der Waals surface area contributed by atoms with Gasteiger partial charge in [0, 0.05) is 5.56 Å². The Kier molecular flexibility index (Phi) is 4.07. The van der Waals surface area contributed by atoms with E-state index in [9.17, 15) is 18.0 Å². The van der Waals surface area contributed by atoms with Crippen LogP contribution in [0.25, 0.3) is 10.2 Å². The fourth-order valence-corrected chi connectivity index (χ4v) is 3.59. The molecule has 1 aliphatic heterocycles. The number of para-hydroxylation sites is 1. The molecule has 1 aromatic heterocycles. The van der Waals surface area contributed by atoms with Gasteiger partial charge in [-0.2, -0.15) is 13.2 Å². The third-order valence-electron chi connectivity index (χ3n) is 4.14. The van der Waals surface area contributed by atoms with Crippen molar-refractivity contribution in [1.82, 2.24) is 9.88 Å². The van der Waals surface area contributed by atoms with Crippen LogP contribution in [0.3, 0.4) is 0 Å². The average Bonchev–Trinajstić information content (AvgIpc) is 2.99. The van der Waals surface area contributed by atoms with Crippen LogP contribution in [0.15, 0.2) is 48.5 Å². The first-order chi connectivity index (χ1) is 12.4. The highest BCUT2D eigenvalue weighted by Crippen LogP contribution is 2.31. The van der Waals surface area contributed by atoms with Crippen molar-refractivity contribution in [2.75, 3.05) is 13.1 Å². The second-order valence-corrected chi connectivity index (χ2v) is 6.97. The highest BCUT2D eigenvalue weighted by Gasteiger charge is 2.34. The molecule has 1 saturated heterocycles. The topological polar surface area (TPSA) is 42.4 Å². The van der Waals surface area contributed by atoms with Crippen LogP contribution in [0.4, 0.5) is 13.2 Å². The molecule has 4 rings (SSSR count). The first kappa shape index (κ1) is 16.8. The Balaban J connectivity index is 1.36. The number of carbonyl (C=O) groups is 1. The van der Waals surface area contributed by atoms with Gasteiger partial charge in [0.25, 0.3) is 11.1 Å². The molecule has 2 aromatic carbocycles. The van der Waals surface area contributed by atoms with Gasteiger partial charge in [-0.15, -0.1) is 0 Å². The lowest BCUT2D eigenvalue weighted by Crippen LogP contribution is -2.56. The van der Waals surface area contributed by atoms with Crippen LogP contribution < -0.4 is 4.74 Å². The molecule has 3 aromatic rings. The molecule has 0 atom stereocenters. The van der Waals surface area contributed by atoms with Crippen LogP contribution in [0, 0.1) is 0 Å². The molecule has 0 bridgehead atoms. The number of fused-ring (bicyclic) bond motifs is 1. The third kappa shape index (κ3) is 3.24. The van der Waals surface area contributed by atoms with Gasteiger partial charge in [-0.25, -0.2) is 4.98 Å². The van der Waals surface area contributed by atoms with Crippen molar-refractivity contribution in [2.24, 2.45) is 0 Å². The maximum Gasteiger partial charge on any atom is 0.416 e. The van der Waals surface area contributed by atoms with E-state index >= 15 is 0 Å². The van der Waals surface area contributed by atoms with Crippen LogP contribution in [0.1, 0.15) is 15.9 Å². The number of carbonyl (C=O) groups excluding carboxylic acids is 1. The molecule has 2 heterocycles. The molecule has 0 spiro atoms. The van der Waals surface area contributed by atoms with Gasteiger partial charge in [0.1, 0.15) is 6.10 Å². The van der Waals surface area contributed by atoms with Gasteiger partial charge >= 0.3 is 6.18 Å². The Labute approximate surface area is 150 Å². The van der Waals surface area contributed by atoms with Gasteiger partial charge < -0.3 is 9.64 Å². The van der Waals surface area contributed by atoms with E-state index in [1.807, 2.05) is 24.3 Å². The second-order valence-electron chi connectivity index (χ2n) is 5.97. The summed E-state index contributed by atoms with van der Waals surface area (Å²) in [5, 5.41) is 0.554. The molecule has 8 heteroatoms. The number of halogens is 3. The third-order valence-corrected chi connectivity index (χ3v) is 5.06. The highest BCUT2D eigenvalue weighted by atomic mass is 32.1. The summed E-state index contributed by atoms with van der Waals surface area (Å²) in [5.74, 6) is -0.303. The van der Waals surface area contributed by atoms with E-state index < -0.39 is 11.7 Å². The van der Waals surface area contributed by atoms with Crippen LogP contribution in [0.5, 0.6) is 5.19 Å². The lowest BCUT2D eigenvalue weighted by Gasteiger charge is -2.38. The Morgan fingerprint density at radius 2 is 1.81 bits per heavy atom. The van der Waals surface area contributed by atoms with Crippen LogP contribution in [-0.4, -0.2) is 35.0 Å². The summed E-state index contributed by atoms with van der Waals surface area (Å²) in [7, 11) is 0. The molecule has 1 aliphatic rings. The quantitative estimate of drug-likeness (QED) is 0.685. The molecule has 0 N–H and O–H groups in total. The molecule has 134 valence electrons. The fraction of sp³-hybridized carbons (Fsp3) is 0.222. The number of hydrogen-bond acceptors (Lipinski definition) is 4. The summed E-state index contributed by atoms with van der Waals surface area (Å²) in [5.41, 5.74) is 0.329. The minimum absolute atomic E-state index is 0.158. The molecule has 1 amide bonds. The molecular formula is C18H13F3N2O2S. The zero-order chi connectivity index (χ0) is 18.3.